The summed E-state index contributed by atoms with van der Waals surface area (Å²) in [5.74, 6) is 0.125. The van der Waals surface area contributed by atoms with Crippen LogP contribution in [0.15, 0.2) is 84.9 Å². The van der Waals surface area contributed by atoms with Gasteiger partial charge in [0.25, 0.3) is 0 Å². The number of nitrogens with zero attached hydrogens (tertiary/aromatic N) is 1. The van der Waals surface area contributed by atoms with Crippen LogP contribution in [0, 0.1) is 6.92 Å². The third-order valence-corrected chi connectivity index (χ3v) is 6.21. The molecule has 1 unspecified atom stereocenters. The Labute approximate surface area is 164 Å². The van der Waals surface area contributed by atoms with Gasteiger partial charge in [-0.05, 0) is 24.6 Å². The van der Waals surface area contributed by atoms with Crippen molar-refractivity contribution in [2.45, 2.75) is 23.7 Å². The molecule has 1 aliphatic heterocycles. The fraction of sp³-hybridized carbons (Fsp3) is 0.174. The van der Waals surface area contributed by atoms with Gasteiger partial charge in [0.15, 0.2) is 5.78 Å². The molecular formula is C23H22N2OS. The van der Waals surface area contributed by atoms with E-state index in [9.17, 15) is 4.79 Å². The van der Waals surface area contributed by atoms with E-state index < -0.39 is 0 Å². The minimum Gasteiger partial charge on any atom is -0.339 e. The van der Waals surface area contributed by atoms with Gasteiger partial charge in [-0.1, -0.05) is 78.4 Å². The fourth-order valence-corrected chi connectivity index (χ4v) is 4.95. The second kappa shape index (κ2) is 7.59. The predicted octanol–water partition coefficient (Wildman–Crippen LogP) is 4.78. The quantitative estimate of drug-likeness (QED) is 0.668. The van der Waals surface area contributed by atoms with Gasteiger partial charge in [0, 0.05) is 11.3 Å². The third-order valence-electron chi connectivity index (χ3n) is 4.94. The van der Waals surface area contributed by atoms with Crippen molar-refractivity contribution in [3.8, 4) is 0 Å². The van der Waals surface area contributed by atoms with E-state index in [1.807, 2.05) is 48.5 Å². The maximum absolute atomic E-state index is 13.3. The molecule has 0 radical (unpaired) electrons. The number of aryl methyl sites for hydroxylation is 1. The Morgan fingerprint density at radius 3 is 2.11 bits per heavy atom. The molecule has 1 heterocycles. The molecule has 0 bridgehead atoms. The van der Waals surface area contributed by atoms with Gasteiger partial charge in [-0.25, -0.2) is 0 Å². The lowest BCUT2D eigenvalue weighted by molar-refractivity contribution is 0.0983. The first kappa shape index (κ1) is 17.8. The third kappa shape index (κ3) is 3.51. The van der Waals surface area contributed by atoms with Crippen LogP contribution in [-0.2, 0) is 0 Å². The van der Waals surface area contributed by atoms with Crippen LogP contribution < -0.4 is 10.6 Å². The zero-order valence-corrected chi connectivity index (χ0v) is 16.0. The predicted molar refractivity (Wildman–Crippen MR) is 113 cm³/mol. The summed E-state index contributed by atoms with van der Waals surface area (Å²) in [5.41, 5.74) is 10.3. The standard InChI is InChI=1S/C23H22N2OS/c1-16-12-14-17(15-13-16)20-22(21(26)18-8-4-2-5-9-18)27-23(24)25(20)19-10-6-3-7-11-19/h2-15,20,22-23H,24H2,1H3/t20-,22+,23?/m0/s1. The Kier molecular flexibility index (Phi) is 5.01. The van der Waals surface area contributed by atoms with Crippen molar-refractivity contribution < 1.29 is 4.79 Å². The van der Waals surface area contributed by atoms with E-state index in [4.69, 9.17) is 5.73 Å². The van der Waals surface area contributed by atoms with Crippen LogP contribution in [0.2, 0.25) is 0 Å². The van der Waals surface area contributed by atoms with Crippen LogP contribution >= 0.6 is 11.8 Å². The number of anilines is 1. The maximum atomic E-state index is 13.3. The number of rotatable bonds is 4. The first-order chi connectivity index (χ1) is 13.1. The molecule has 2 N–H and O–H groups in total. The van der Waals surface area contributed by atoms with Crippen molar-refractivity contribution in [3.63, 3.8) is 0 Å². The van der Waals surface area contributed by atoms with E-state index >= 15 is 0 Å². The van der Waals surface area contributed by atoms with Crippen LogP contribution in [0.25, 0.3) is 0 Å². The molecule has 3 nitrogen and oxygen atoms in total. The van der Waals surface area contributed by atoms with Crippen LogP contribution in [0.1, 0.15) is 27.5 Å². The SMILES string of the molecule is Cc1ccc([C@H]2[C@H](C(=O)c3ccccc3)SC(N)N2c2ccccc2)cc1. The lowest BCUT2D eigenvalue weighted by Gasteiger charge is -2.31. The number of para-hydroxylation sites is 1. The molecule has 3 aromatic carbocycles. The number of carbonyl (C=O) groups excluding carboxylic acids is 1. The van der Waals surface area contributed by atoms with Gasteiger partial charge in [-0.3, -0.25) is 4.79 Å². The van der Waals surface area contributed by atoms with E-state index in [2.05, 4.69) is 48.2 Å². The Bertz CT molecular complexity index is 912. The Balaban J connectivity index is 1.78. The monoisotopic (exact) mass is 374 g/mol. The smallest absolute Gasteiger partial charge is 0.178 e. The summed E-state index contributed by atoms with van der Waals surface area (Å²) in [6.45, 7) is 2.07. The molecule has 0 aromatic heterocycles. The summed E-state index contributed by atoms with van der Waals surface area (Å²) in [4.78, 5) is 15.5. The van der Waals surface area contributed by atoms with E-state index in [0.717, 1.165) is 16.8 Å². The van der Waals surface area contributed by atoms with Crippen molar-refractivity contribution in [1.29, 1.82) is 0 Å². The molecule has 0 aliphatic carbocycles. The molecule has 1 saturated heterocycles. The molecule has 27 heavy (non-hydrogen) atoms. The molecule has 1 aliphatic rings. The van der Waals surface area contributed by atoms with E-state index in [0.29, 0.717) is 0 Å². The maximum Gasteiger partial charge on any atom is 0.178 e. The number of nitrogens with two attached hydrogens (primary N) is 1. The van der Waals surface area contributed by atoms with Crippen molar-refractivity contribution in [3.05, 3.63) is 102 Å². The minimum atomic E-state index is -0.281. The summed E-state index contributed by atoms with van der Waals surface area (Å²) >= 11 is 1.53. The zero-order valence-electron chi connectivity index (χ0n) is 15.2. The average molecular weight is 375 g/mol. The van der Waals surface area contributed by atoms with E-state index in [-0.39, 0.29) is 22.6 Å². The Morgan fingerprint density at radius 1 is 0.889 bits per heavy atom. The number of hydrogen-bond acceptors (Lipinski definition) is 4. The lowest BCUT2D eigenvalue weighted by atomic mass is 9.95. The van der Waals surface area contributed by atoms with Crippen molar-refractivity contribution >= 4 is 23.2 Å². The van der Waals surface area contributed by atoms with Crippen LogP contribution in [-0.4, -0.2) is 16.5 Å². The Morgan fingerprint density at radius 2 is 1.48 bits per heavy atom. The van der Waals surface area contributed by atoms with Gasteiger partial charge in [0.1, 0.15) is 5.50 Å². The summed E-state index contributed by atoms with van der Waals surface area (Å²) in [6, 6.07) is 27.9. The van der Waals surface area contributed by atoms with Crippen LogP contribution in [0.4, 0.5) is 5.69 Å². The van der Waals surface area contributed by atoms with Crippen LogP contribution in [0.3, 0.4) is 0 Å². The molecule has 1 fully saturated rings. The number of thioether (sulfide) groups is 1. The first-order valence-electron chi connectivity index (χ1n) is 9.05. The number of Topliss-reactive ketones (excluding diaryl/α,β-unsaturated/α-hetero) is 1. The average Bonchev–Trinajstić information content (AvgIpc) is 3.06. The largest absolute Gasteiger partial charge is 0.339 e. The van der Waals surface area contributed by atoms with Gasteiger partial charge < -0.3 is 10.6 Å². The Hall–Kier alpha value is -2.56. The number of ketones is 1. The highest BCUT2D eigenvalue weighted by atomic mass is 32.2. The molecular weight excluding hydrogens is 352 g/mol. The number of hydrogen-bond donors (Lipinski definition) is 1. The first-order valence-corrected chi connectivity index (χ1v) is 10.00. The van der Waals surface area contributed by atoms with Gasteiger partial charge in [0.2, 0.25) is 0 Å². The van der Waals surface area contributed by atoms with Crippen molar-refractivity contribution in [1.82, 2.24) is 0 Å². The van der Waals surface area contributed by atoms with Gasteiger partial charge in [-0.15, -0.1) is 11.8 Å². The number of benzene rings is 3. The van der Waals surface area contributed by atoms with E-state index in [1.165, 1.54) is 17.3 Å². The molecule has 3 atom stereocenters. The zero-order chi connectivity index (χ0) is 18.8. The highest BCUT2D eigenvalue weighted by Gasteiger charge is 2.45. The van der Waals surface area contributed by atoms with Crippen molar-refractivity contribution in [2.24, 2.45) is 5.73 Å². The van der Waals surface area contributed by atoms with Gasteiger partial charge >= 0.3 is 0 Å². The van der Waals surface area contributed by atoms with Crippen molar-refractivity contribution in [2.75, 3.05) is 4.90 Å². The summed E-state index contributed by atoms with van der Waals surface area (Å²) in [7, 11) is 0. The van der Waals surface area contributed by atoms with Gasteiger partial charge in [-0.2, -0.15) is 0 Å². The lowest BCUT2D eigenvalue weighted by Crippen LogP contribution is -2.38. The van der Waals surface area contributed by atoms with Gasteiger partial charge in [0.05, 0.1) is 11.3 Å². The van der Waals surface area contributed by atoms with Crippen LogP contribution in [0.5, 0.6) is 0 Å². The highest BCUT2D eigenvalue weighted by Crippen LogP contribution is 2.46. The second-order valence-electron chi connectivity index (χ2n) is 6.78. The fourth-order valence-electron chi connectivity index (χ4n) is 3.57. The molecule has 4 heteroatoms. The second-order valence-corrected chi connectivity index (χ2v) is 8.04. The molecule has 0 saturated carbocycles. The summed E-state index contributed by atoms with van der Waals surface area (Å²) in [5, 5.41) is -0.259. The topological polar surface area (TPSA) is 46.3 Å². The highest BCUT2D eigenvalue weighted by molar-refractivity contribution is 8.01. The van der Waals surface area contributed by atoms with E-state index in [1.54, 1.807) is 0 Å². The number of carbonyl (C=O) groups is 1. The summed E-state index contributed by atoms with van der Waals surface area (Å²) in [6.07, 6.45) is 0. The molecule has 0 amide bonds. The molecule has 0 spiro atoms. The molecule has 4 rings (SSSR count). The normalized spacial score (nSPS) is 22.0. The minimum absolute atomic E-state index is 0.110. The molecule has 136 valence electrons. The molecule has 3 aromatic rings. The summed E-state index contributed by atoms with van der Waals surface area (Å²) < 4.78 is 0.